The predicted octanol–water partition coefficient (Wildman–Crippen LogP) is 5.31. The molecule has 1 N–H and O–H groups in total. The molecule has 0 aliphatic carbocycles. The van der Waals surface area contributed by atoms with Gasteiger partial charge in [-0.2, -0.15) is 0 Å². The number of halogens is 1. The Morgan fingerprint density at radius 2 is 1.74 bits per heavy atom. The van der Waals surface area contributed by atoms with Crippen molar-refractivity contribution in [2.75, 3.05) is 10.2 Å². The summed E-state index contributed by atoms with van der Waals surface area (Å²) in [5, 5.41) is 4.02. The van der Waals surface area contributed by atoms with Crippen molar-refractivity contribution in [2.45, 2.75) is 13.1 Å². The van der Waals surface area contributed by atoms with Gasteiger partial charge in [-0.25, -0.2) is 0 Å². The van der Waals surface area contributed by atoms with Crippen LogP contribution in [0.3, 0.4) is 0 Å². The van der Waals surface area contributed by atoms with Crippen LogP contribution in [0.2, 0.25) is 5.02 Å². The maximum atomic E-state index is 13.1. The van der Waals surface area contributed by atoms with Crippen LogP contribution in [0, 0.1) is 0 Å². The quantitative estimate of drug-likeness (QED) is 0.627. The molecule has 5 heteroatoms. The average Bonchev–Trinajstić information content (AvgIpc) is 2.95. The second-order valence-electron chi connectivity index (χ2n) is 6.42. The Kier molecular flexibility index (Phi) is 4.42. The van der Waals surface area contributed by atoms with Crippen molar-refractivity contribution in [2.24, 2.45) is 0 Å². The van der Waals surface area contributed by atoms with Gasteiger partial charge in [0, 0.05) is 33.1 Å². The summed E-state index contributed by atoms with van der Waals surface area (Å²) in [4.78, 5) is 26.5. The van der Waals surface area contributed by atoms with Crippen LogP contribution in [0.15, 0.2) is 72.8 Å². The van der Waals surface area contributed by atoms with E-state index in [0.29, 0.717) is 16.1 Å². The topological polar surface area (TPSA) is 49.4 Å². The van der Waals surface area contributed by atoms with Gasteiger partial charge in [0.1, 0.15) is 6.17 Å². The van der Waals surface area contributed by atoms with Gasteiger partial charge in [0.15, 0.2) is 5.78 Å². The van der Waals surface area contributed by atoms with E-state index in [1.54, 1.807) is 29.2 Å². The van der Waals surface area contributed by atoms with Gasteiger partial charge in [0.05, 0.1) is 0 Å². The number of carbonyl (C=O) groups is 2. The number of rotatable bonds is 4. The maximum absolute atomic E-state index is 13.1. The molecule has 27 heavy (non-hydrogen) atoms. The smallest absolute Gasteiger partial charge is 0.260 e. The minimum absolute atomic E-state index is 0.00361. The van der Waals surface area contributed by atoms with Crippen molar-refractivity contribution in [3.63, 3.8) is 0 Å². The first kappa shape index (κ1) is 17.3. The molecule has 0 spiro atoms. The third-order valence-electron chi connectivity index (χ3n) is 4.64. The number of ketones is 1. The Bertz CT molecular complexity index is 1030. The van der Waals surface area contributed by atoms with Crippen LogP contribution < -0.4 is 10.2 Å². The Balaban J connectivity index is 1.77. The number of anilines is 2. The monoisotopic (exact) mass is 376 g/mol. The van der Waals surface area contributed by atoms with Crippen molar-refractivity contribution in [1.82, 2.24) is 0 Å². The highest BCUT2D eigenvalue weighted by Crippen LogP contribution is 2.38. The fraction of sp³-hybridized carbons (Fsp3) is 0.0909. The van der Waals surface area contributed by atoms with Crippen molar-refractivity contribution >= 4 is 34.7 Å². The molecule has 0 aromatic heterocycles. The van der Waals surface area contributed by atoms with Gasteiger partial charge in [-0.05, 0) is 49.4 Å². The summed E-state index contributed by atoms with van der Waals surface area (Å²) < 4.78 is 0. The predicted molar refractivity (Wildman–Crippen MR) is 108 cm³/mol. The van der Waals surface area contributed by atoms with Crippen LogP contribution in [0.5, 0.6) is 0 Å². The largest absolute Gasteiger partial charge is 0.361 e. The highest BCUT2D eigenvalue weighted by molar-refractivity contribution is 6.30. The fourth-order valence-corrected chi connectivity index (χ4v) is 3.44. The summed E-state index contributed by atoms with van der Waals surface area (Å²) in [6, 6.07) is 22.0. The number of hydrogen-bond donors (Lipinski definition) is 1. The van der Waals surface area contributed by atoms with Gasteiger partial charge in [0.2, 0.25) is 0 Å². The number of nitrogens with zero attached hydrogens (tertiary/aromatic N) is 1. The molecule has 0 bridgehead atoms. The lowest BCUT2D eigenvalue weighted by Gasteiger charge is -2.27. The molecule has 0 radical (unpaired) electrons. The zero-order valence-corrected chi connectivity index (χ0v) is 15.4. The Hall–Kier alpha value is -3.11. The molecule has 0 saturated carbocycles. The maximum Gasteiger partial charge on any atom is 0.260 e. The van der Waals surface area contributed by atoms with E-state index in [-0.39, 0.29) is 17.9 Å². The Labute approximate surface area is 162 Å². The summed E-state index contributed by atoms with van der Waals surface area (Å²) in [7, 11) is 0. The second-order valence-corrected chi connectivity index (χ2v) is 6.86. The molecule has 0 saturated heterocycles. The van der Waals surface area contributed by atoms with Crippen LogP contribution in [0.1, 0.15) is 39.4 Å². The number of amides is 1. The zero-order chi connectivity index (χ0) is 19.0. The minimum Gasteiger partial charge on any atom is -0.361 e. The van der Waals surface area contributed by atoms with E-state index in [9.17, 15) is 9.59 Å². The lowest BCUT2D eigenvalue weighted by molar-refractivity contribution is 0.0989. The molecule has 3 aromatic rings. The highest BCUT2D eigenvalue weighted by Gasteiger charge is 2.37. The molecule has 1 aliphatic heterocycles. The van der Waals surface area contributed by atoms with Crippen LogP contribution in [0.25, 0.3) is 0 Å². The van der Waals surface area contributed by atoms with Gasteiger partial charge < -0.3 is 5.32 Å². The molecule has 4 rings (SSSR count). The van der Waals surface area contributed by atoms with Crippen molar-refractivity contribution in [3.8, 4) is 0 Å². The third-order valence-corrected chi connectivity index (χ3v) is 4.89. The normalized spacial score (nSPS) is 15.6. The van der Waals surface area contributed by atoms with E-state index in [4.69, 9.17) is 11.6 Å². The summed E-state index contributed by atoms with van der Waals surface area (Å²) >= 11 is 6.01. The number of carbonyl (C=O) groups excluding carboxylic acids is 2. The minimum atomic E-state index is -0.378. The molecule has 1 aliphatic rings. The molecule has 4 nitrogen and oxygen atoms in total. The number of nitrogens with one attached hydrogen (secondary N) is 1. The summed E-state index contributed by atoms with van der Waals surface area (Å²) in [5.74, 6) is -0.0794. The van der Waals surface area contributed by atoms with Crippen LogP contribution in [-0.4, -0.2) is 11.7 Å². The molecule has 3 aromatic carbocycles. The van der Waals surface area contributed by atoms with Gasteiger partial charge >= 0.3 is 0 Å². The SMILES string of the molecule is CC(=O)c1cccc(NC2c3ccccc3C(=O)N2c2ccc(Cl)cc2)c1. The molecular weight excluding hydrogens is 360 g/mol. The Morgan fingerprint density at radius 3 is 2.48 bits per heavy atom. The lowest BCUT2D eigenvalue weighted by atomic mass is 10.1. The van der Waals surface area contributed by atoms with Crippen LogP contribution in [0.4, 0.5) is 11.4 Å². The van der Waals surface area contributed by atoms with Crippen molar-refractivity contribution in [3.05, 3.63) is 94.5 Å². The van der Waals surface area contributed by atoms with E-state index >= 15 is 0 Å². The molecule has 134 valence electrons. The standard InChI is InChI=1S/C22H17ClN2O2/c1-14(26)15-5-4-6-17(13-15)24-21-19-7-2-3-8-20(19)22(27)25(21)18-11-9-16(23)10-12-18/h2-13,21,24H,1H3. The van der Waals surface area contributed by atoms with E-state index in [2.05, 4.69) is 5.32 Å². The van der Waals surface area contributed by atoms with E-state index in [1.165, 1.54) is 6.92 Å². The summed E-state index contributed by atoms with van der Waals surface area (Å²) in [6.07, 6.45) is -0.378. The van der Waals surface area contributed by atoms with Gasteiger partial charge in [-0.1, -0.05) is 41.9 Å². The molecule has 1 unspecified atom stereocenters. The molecule has 1 amide bonds. The van der Waals surface area contributed by atoms with E-state index in [0.717, 1.165) is 16.9 Å². The third kappa shape index (κ3) is 3.20. The first-order valence-corrected chi connectivity index (χ1v) is 8.98. The molecule has 0 fully saturated rings. The van der Waals surface area contributed by atoms with Crippen LogP contribution >= 0.6 is 11.6 Å². The fourth-order valence-electron chi connectivity index (χ4n) is 3.31. The van der Waals surface area contributed by atoms with Crippen LogP contribution in [-0.2, 0) is 0 Å². The first-order valence-electron chi connectivity index (χ1n) is 8.60. The van der Waals surface area contributed by atoms with Crippen molar-refractivity contribution < 1.29 is 9.59 Å². The lowest BCUT2D eigenvalue weighted by Crippen LogP contribution is -2.32. The Morgan fingerprint density at radius 1 is 1.00 bits per heavy atom. The van der Waals surface area contributed by atoms with Crippen molar-refractivity contribution in [1.29, 1.82) is 0 Å². The van der Waals surface area contributed by atoms with Gasteiger partial charge in [-0.15, -0.1) is 0 Å². The number of Topliss-reactive ketones (excluding diaryl/α,β-unsaturated/α-hetero) is 1. The van der Waals surface area contributed by atoms with Gasteiger partial charge in [0.25, 0.3) is 5.91 Å². The first-order chi connectivity index (χ1) is 13.0. The molecule has 1 atom stereocenters. The number of fused-ring (bicyclic) bond motifs is 1. The number of benzene rings is 3. The average molecular weight is 377 g/mol. The highest BCUT2D eigenvalue weighted by atomic mass is 35.5. The molecular formula is C22H17ClN2O2. The second kappa shape index (κ2) is 6.89. The number of hydrogen-bond acceptors (Lipinski definition) is 3. The van der Waals surface area contributed by atoms with E-state index in [1.807, 2.05) is 48.5 Å². The van der Waals surface area contributed by atoms with Gasteiger partial charge in [-0.3, -0.25) is 14.5 Å². The summed E-state index contributed by atoms with van der Waals surface area (Å²) in [5.41, 5.74) is 3.70. The zero-order valence-electron chi connectivity index (χ0n) is 14.6. The van der Waals surface area contributed by atoms with E-state index < -0.39 is 0 Å². The summed E-state index contributed by atoms with van der Waals surface area (Å²) in [6.45, 7) is 1.54. The molecule has 1 heterocycles.